The van der Waals surface area contributed by atoms with Gasteiger partial charge in [-0.25, -0.2) is 22.6 Å². The number of hydrogen-bond acceptors (Lipinski definition) is 5. The number of hydrogen-bond donors (Lipinski definition) is 0. The molecule has 0 N–H and O–H groups in total. The van der Waals surface area contributed by atoms with Crippen molar-refractivity contribution in [2.24, 2.45) is 0 Å². The summed E-state index contributed by atoms with van der Waals surface area (Å²) < 4.78 is 47.2. The van der Waals surface area contributed by atoms with Crippen LogP contribution < -0.4 is 0 Å². The molecule has 2 atom stereocenters. The fraction of sp³-hybridized carbons (Fsp3) is 0.400. The van der Waals surface area contributed by atoms with Crippen molar-refractivity contribution >= 4 is 27.6 Å². The van der Waals surface area contributed by atoms with E-state index >= 15 is 0 Å². The minimum Gasteiger partial charge on any atom is -0.465 e. The molecule has 1 heterocycles. The number of rotatable bonds is 6. The number of aromatic nitrogens is 1. The normalized spacial score (nSPS) is 19.9. The maximum atomic E-state index is 14.7. The van der Waals surface area contributed by atoms with Crippen LogP contribution in [0.5, 0.6) is 0 Å². The van der Waals surface area contributed by atoms with Crippen molar-refractivity contribution in [2.75, 3.05) is 7.11 Å². The Hall–Kier alpha value is -2.03. The molecule has 29 heavy (non-hydrogen) atoms. The average molecular weight is 441 g/mol. The van der Waals surface area contributed by atoms with Crippen LogP contribution in [0.15, 0.2) is 47.5 Å². The fourth-order valence-corrected chi connectivity index (χ4v) is 5.19. The summed E-state index contributed by atoms with van der Waals surface area (Å²) >= 11 is 5.78. The van der Waals surface area contributed by atoms with Crippen LogP contribution in [0.3, 0.4) is 0 Å². The highest BCUT2D eigenvalue weighted by Gasteiger charge is 2.38. The molecule has 0 saturated heterocycles. The number of benzene rings is 1. The van der Waals surface area contributed by atoms with Gasteiger partial charge in [-0.2, -0.15) is 4.31 Å². The Balaban J connectivity index is 1.95. The van der Waals surface area contributed by atoms with Crippen molar-refractivity contribution in [3.05, 3.63) is 58.9 Å². The minimum atomic E-state index is -4.00. The molecule has 0 aliphatic heterocycles. The molecule has 1 aromatic heterocycles. The highest BCUT2D eigenvalue weighted by molar-refractivity contribution is 7.89. The molecule has 0 bridgehead atoms. The van der Waals surface area contributed by atoms with Crippen LogP contribution in [0.25, 0.3) is 0 Å². The molecule has 0 radical (unpaired) electrons. The second-order valence-electron chi connectivity index (χ2n) is 6.92. The van der Waals surface area contributed by atoms with Gasteiger partial charge in [0, 0.05) is 12.7 Å². The van der Waals surface area contributed by atoms with Gasteiger partial charge in [0.2, 0.25) is 10.0 Å². The van der Waals surface area contributed by atoms with Crippen molar-refractivity contribution in [3.8, 4) is 0 Å². The van der Waals surface area contributed by atoms with E-state index in [0.717, 1.165) is 12.8 Å². The quantitative estimate of drug-likeness (QED) is 0.501. The number of sulfonamides is 1. The van der Waals surface area contributed by atoms with Gasteiger partial charge in [0.1, 0.15) is 16.2 Å². The first-order valence-corrected chi connectivity index (χ1v) is 11.1. The number of esters is 1. The molecule has 0 amide bonds. The maximum Gasteiger partial charge on any atom is 0.337 e. The molecule has 2 unspecified atom stereocenters. The van der Waals surface area contributed by atoms with Crippen LogP contribution in [0.4, 0.5) is 4.39 Å². The molecule has 156 valence electrons. The molecule has 2 aromatic rings. The molecule has 6 nitrogen and oxygen atoms in total. The Bertz CT molecular complexity index is 951. The number of ether oxygens (including phenoxy) is 1. The monoisotopic (exact) mass is 440 g/mol. The summed E-state index contributed by atoms with van der Waals surface area (Å²) in [5, 5.41) is 0.176. The number of halogens is 2. The van der Waals surface area contributed by atoms with Crippen molar-refractivity contribution in [1.29, 1.82) is 0 Å². The Kier molecular flexibility index (Phi) is 6.87. The van der Waals surface area contributed by atoms with Crippen molar-refractivity contribution in [2.45, 2.75) is 49.3 Å². The largest absolute Gasteiger partial charge is 0.465 e. The number of nitrogens with zero attached hydrogens (tertiary/aromatic N) is 2. The summed E-state index contributed by atoms with van der Waals surface area (Å²) in [4.78, 5) is 15.4. The molecule has 1 fully saturated rings. The average Bonchev–Trinajstić information content (AvgIpc) is 2.73. The smallest absolute Gasteiger partial charge is 0.337 e. The van der Waals surface area contributed by atoms with Gasteiger partial charge in [0.25, 0.3) is 0 Å². The zero-order valence-corrected chi connectivity index (χ0v) is 17.5. The lowest BCUT2D eigenvalue weighted by molar-refractivity contribution is 0.0600. The zero-order valence-electron chi connectivity index (χ0n) is 15.9. The summed E-state index contributed by atoms with van der Waals surface area (Å²) in [5.41, 5.74) is 0.995. The molecule has 1 aromatic carbocycles. The minimum absolute atomic E-state index is 0.0164. The van der Waals surface area contributed by atoms with Gasteiger partial charge in [0.15, 0.2) is 0 Å². The number of carbonyl (C=O) groups is 1. The van der Waals surface area contributed by atoms with Gasteiger partial charge in [-0.05, 0) is 42.7 Å². The Morgan fingerprint density at radius 1 is 1.21 bits per heavy atom. The van der Waals surface area contributed by atoms with E-state index in [4.69, 9.17) is 11.6 Å². The maximum absolute atomic E-state index is 14.7. The molecular formula is C20H22ClFN2O4S. The SMILES string of the molecule is COC(=O)c1ccc(CN(C2CCCCC2F)S(=O)(=O)c2ccc(Cl)nc2)cc1. The lowest BCUT2D eigenvalue weighted by Crippen LogP contribution is -2.46. The number of methoxy groups -OCH3 is 1. The van der Waals surface area contributed by atoms with E-state index in [1.165, 1.54) is 29.7 Å². The molecule has 3 rings (SSSR count). The zero-order chi connectivity index (χ0) is 21.0. The number of alkyl halides is 1. The van der Waals surface area contributed by atoms with E-state index in [2.05, 4.69) is 9.72 Å². The van der Waals surface area contributed by atoms with Crippen molar-refractivity contribution < 1.29 is 22.3 Å². The van der Waals surface area contributed by atoms with Gasteiger partial charge in [-0.3, -0.25) is 0 Å². The Morgan fingerprint density at radius 3 is 2.48 bits per heavy atom. The predicted molar refractivity (Wildman–Crippen MR) is 107 cm³/mol. The summed E-state index contributed by atoms with van der Waals surface area (Å²) in [6, 6.07) is 8.41. The summed E-state index contributed by atoms with van der Waals surface area (Å²) in [6.45, 7) is -0.0164. The molecular weight excluding hydrogens is 419 g/mol. The third-order valence-electron chi connectivity index (χ3n) is 5.04. The van der Waals surface area contributed by atoms with Crippen LogP contribution >= 0.6 is 11.6 Å². The highest BCUT2D eigenvalue weighted by atomic mass is 35.5. The van der Waals surface area contributed by atoms with Crippen LogP contribution in [0, 0.1) is 0 Å². The van der Waals surface area contributed by atoms with Crippen molar-refractivity contribution in [1.82, 2.24) is 9.29 Å². The van der Waals surface area contributed by atoms with Crippen LogP contribution in [-0.2, 0) is 21.3 Å². The van der Waals surface area contributed by atoms with Crippen LogP contribution in [-0.4, -0.2) is 43.0 Å². The molecule has 9 heteroatoms. The highest BCUT2D eigenvalue weighted by Crippen LogP contribution is 2.31. The van der Waals surface area contributed by atoms with E-state index in [0.29, 0.717) is 24.0 Å². The van der Waals surface area contributed by atoms with Crippen molar-refractivity contribution in [3.63, 3.8) is 0 Å². The topological polar surface area (TPSA) is 76.6 Å². The molecule has 1 saturated carbocycles. The third-order valence-corrected chi connectivity index (χ3v) is 7.12. The van der Waals surface area contributed by atoms with E-state index < -0.39 is 28.2 Å². The summed E-state index contributed by atoms with van der Waals surface area (Å²) in [5.74, 6) is -0.482. The first kappa shape index (κ1) is 21.7. The summed E-state index contributed by atoms with van der Waals surface area (Å²) in [6.07, 6.45) is 2.21. The van der Waals surface area contributed by atoms with E-state index in [-0.39, 0.29) is 16.6 Å². The second kappa shape index (κ2) is 9.19. The molecule has 0 spiro atoms. The van der Waals surface area contributed by atoms with Gasteiger partial charge in [-0.15, -0.1) is 0 Å². The second-order valence-corrected chi connectivity index (χ2v) is 9.20. The van der Waals surface area contributed by atoms with Crippen LogP contribution in [0.2, 0.25) is 5.15 Å². The van der Waals surface area contributed by atoms with Gasteiger partial charge in [-0.1, -0.05) is 36.6 Å². The molecule has 1 aliphatic rings. The molecule has 1 aliphatic carbocycles. The first-order valence-electron chi connectivity index (χ1n) is 9.27. The van der Waals surface area contributed by atoms with E-state index in [1.807, 2.05) is 0 Å². The fourth-order valence-electron chi connectivity index (χ4n) is 3.47. The van der Waals surface area contributed by atoms with Gasteiger partial charge < -0.3 is 4.74 Å². The van der Waals surface area contributed by atoms with Gasteiger partial charge in [0.05, 0.1) is 18.7 Å². The van der Waals surface area contributed by atoms with Gasteiger partial charge >= 0.3 is 5.97 Å². The lowest BCUT2D eigenvalue weighted by Gasteiger charge is -2.35. The number of pyridine rings is 1. The predicted octanol–water partition coefficient (Wildman–Crippen LogP) is 3.99. The van der Waals surface area contributed by atoms with E-state index in [9.17, 15) is 17.6 Å². The first-order chi connectivity index (χ1) is 13.8. The number of carbonyl (C=O) groups excluding carboxylic acids is 1. The standard InChI is InChI=1S/C20H22ClFN2O4S/c1-28-20(25)15-8-6-14(7-9-15)13-24(18-5-3-2-4-17(18)22)29(26,27)16-10-11-19(21)23-12-16/h6-12,17-18H,2-5,13H2,1H3. The Labute approximate surface area is 174 Å². The van der Waals surface area contributed by atoms with Crippen LogP contribution in [0.1, 0.15) is 41.6 Å². The Morgan fingerprint density at radius 2 is 1.90 bits per heavy atom. The summed E-state index contributed by atoms with van der Waals surface area (Å²) in [7, 11) is -2.71. The van der Waals surface area contributed by atoms with E-state index in [1.54, 1.807) is 24.3 Å². The third kappa shape index (κ3) is 4.94. The lowest BCUT2D eigenvalue weighted by atomic mass is 9.93.